The van der Waals surface area contributed by atoms with E-state index < -0.39 is 0 Å². The van der Waals surface area contributed by atoms with Crippen LogP contribution in [0.15, 0.2) is 48.8 Å². The summed E-state index contributed by atoms with van der Waals surface area (Å²) in [5, 5.41) is 2.93. The molecule has 0 saturated heterocycles. The van der Waals surface area contributed by atoms with Gasteiger partial charge in [-0.2, -0.15) is 0 Å². The highest BCUT2D eigenvalue weighted by Gasteiger charge is 2.08. The van der Waals surface area contributed by atoms with Crippen LogP contribution in [0.2, 0.25) is 0 Å². The minimum atomic E-state index is -0.0173. The van der Waals surface area contributed by atoms with Crippen molar-refractivity contribution in [2.24, 2.45) is 5.73 Å². The number of benzene rings is 1. The Bertz CT molecular complexity index is 552. The number of nitrogens with two attached hydrogens (primary N) is 1. The van der Waals surface area contributed by atoms with Crippen LogP contribution in [-0.4, -0.2) is 17.4 Å². The van der Waals surface area contributed by atoms with Crippen molar-refractivity contribution in [3.05, 3.63) is 54.4 Å². The largest absolute Gasteiger partial charge is 0.350 e. The molecule has 1 amide bonds. The van der Waals surface area contributed by atoms with Crippen LogP contribution in [0.3, 0.4) is 0 Å². The van der Waals surface area contributed by atoms with Crippen LogP contribution in [0.5, 0.6) is 0 Å². The van der Waals surface area contributed by atoms with Crippen molar-refractivity contribution >= 4 is 5.91 Å². The molecule has 4 nitrogen and oxygen atoms in total. The average Bonchev–Trinajstić information content (AvgIpc) is 2.48. The fourth-order valence-corrected chi connectivity index (χ4v) is 2.03. The van der Waals surface area contributed by atoms with E-state index in [1.165, 1.54) is 0 Å². The molecule has 1 aromatic heterocycles. The lowest BCUT2D eigenvalue weighted by Gasteiger charge is -2.14. The van der Waals surface area contributed by atoms with E-state index in [0.29, 0.717) is 13.0 Å². The van der Waals surface area contributed by atoms with Crippen LogP contribution in [0.1, 0.15) is 24.9 Å². The van der Waals surface area contributed by atoms with Crippen LogP contribution in [0.4, 0.5) is 0 Å². The fraction of sp³-hybridized carbons (Fsp3) is 0.250. The summed E-state index contributed by atoms with van der Waals surface area (Å²) in [5.41, 5.74) is 8.63. The third kappa shape index (κ3) is 3.65. The molecule has 0 aliphatic heterocycles. The zero-order chi connectivity index (χ0) is 14.4. The molecule has 1 atom stereocenters. The van der Waals surface area contributed by atoms with E-state index in [4.69, 9.17) is 5.73 Å². The van der Waals surface area contributed by atoms with Gasteiger partial charge in [-0.05, 0) is 29.7 Å². The Hall–Kier alpha value is -2.20. The predicted molar refractivity (Wildman–Crippen MR) is 79.9 cm³/mol. The maximum atomic E-state index is 11.5. The number of carbonyl (C=O) groups excluding carboxylic acids is 1. The zero-order valence-corrected chi connectivity index (χ0v) is 11.5. The maximum absolute atomic E-state index is 11.5. The molecule has 4 heteroatoms. The Morgan fingerprint density at radius 2 is 2.00 bits per heavy atom. The molecule has 0 saturated carbocycles. The summed E-state index contributed by atoms with van der Waals surface area (Å²) in [5.74, 6) is -0.0173. The number of rotatable bonds is 5. The highest BCUT2D eigenvalue weighted by atomic mass is 16.1. The zero-order valence-electron chi connectivity index (χ0n) is 11.5. The van der Waals surface area contributed by atoms with Crippen molar-refractivity contribution in [2.75, 3.05) is 6.54 Å². The van der Waals surface area contributed by atoms with Gasteiger partial charge in [0.2, 0.25) is 5.91 Å². The van der Waals surface area contributed by atoms with E-state index in [1.54, 1.807) is 6.20 Å². The molecule has 0 spiro atoms. The second-order valence-electron chi connectivity index (χ2n) is 4.69. The van der Waals surface area contributed by atoms with Crippen LogP contribution >= 0.6 is 0 Å². The van der Waals surface area contributed by atoms with Crippen molar-refractivity contribution in [2.45, 2.75) is 19.4 Å². The number of hydrogen-bond donors (Lipinski definition) is 2. The van der Waals surface area contributed by atoms with Gasteiger partial charge in [0.1, 0.15) is 0 Å². The number of aromatic nitrogens is 1. The molecule has 0 fully saturated rings. The number of nitrogens with zero attached hydrogens (tertiary/aromatic N) is 1. The topological polar surface area (TPSA) is 68.0 Å². The molecule has 0 radical (unpaired) electrons. The summed E-state index contributed by atoms with van der Waals surface area (Å²) in [4.78, 5) is 15.6. The molecular weight excluding hydrogens is 250 g/mol. The minimum Gasteiger partial charge on any atom is -0.350 e. The van der Waals surface area contributed by atoms with E-state index >= 15 is 0 Å². The van der Waals surface area contributed by atoms with E-state index in [2.05, 4.69) is 10.3 Å². The van der Waals surface area contributed by atoms with Gasteiger partial charge in [0.05, 0.1) is 6.04 Å². The molecule has 1 aromatic carbocycles. The fourth-order valence-electron chi connectivity index (χ4n) is 2.03. The van der Waals surface area contributed by atoms with Gasteiger partial charge in [0.15, 0.2) is 0 Å². The van der Waals surface area contributed by atoms with Crippen molar-refractivity contribution < 1.29 is 4.79 Å². The average molecular weight is 269 g/mol. The summed E-state index contributed by atoms with van der Waals surface area (Å²) in [7, 11) is 0. The Kier molecular flexibility index (Phi) is 4.85. The third-order valence-corrected chi connectivity index (χ3v) is 3.15. The summed E-state index contributed by atoms with van der Waals surface area (Å²) >= 11 is 0. The van der Waals surface area contributed by atoms with Gasteiger partial charge in [0.25, 0.3) is 0 Å². The van der Waals surface area contributed by atoms with Gasteiger partial charge in [-0.3, -0.25) is 9.78 Å². The number of amides is 1. The van der Waals surface area contributed by atoms with Crippen molar-refractivity contribution in [1.29, 1.82) is 0 Å². The molecule has 104 valence electrons. The second-order valence-corrected chi connectivity index (χ2v) is 4.69. The molecule has 2 aromatic rings. The lowest BCUT2D eigenvalue weighted by molar-refractivity contribution is -0.121. The highest BCUT2D eigenvalue weighted by molar-refractivity contribution is 5.76. The number of hydrogen-bond acceptors (Lipinski definition) is 3. The van der Waals surface area contributed by atoms with E-state index in [9.17, 15) is 4.79 Å². The van der Waals surface area contributed by atoms with Crippen LogP contribution in [0.25, 0.3) is 11.1 Å². The van der Waals surface area contributed by atoms with Crippen LogP contribution in [-0.2, 0) is 4.79 Å². The quantitative estimate of drug-likeness (QED) is 0.875. The smallest absolute Gasteiger partial charge is 0.221 e. The lowest BCUT2D eigenvalue weighted by atomic mass is 10.0. The molecule has 2 rings (SSSR count). The van der Waals surface area contributed by atoms with Gasteiger partial charge in [-0.15, -0.1) is 0 Å². The molecule has 0 aliphatic carbocycles. The van der Waals surface area contributed by atoms with Crippen LogP contribution in [0, 0.1) is 0 Å². The predicted octanol–water partition coefficient (Wildman–Crippen LogP) is 2.27. The first kappa shape index (κ1) is 14.2. The molecule has 3 N–H and O–H groups in total. The summed E-state index contributed by atoms with van der Waals surface area (Å²) in [6.07, 6.45) is 3.95. The Morgan fingerprint density at radius 3 is 2.60 bits per heavy atom. The summed E-state index contributed by atoms with van der Waals surface area (Å²) in [6, 6.07) is 12.0. The second kappa shape index (κ2) is 6.82. The Morgan fingerprint density at radius 1 is 1.25 bits per heavy atom. The first-order valence-corrected chi connectivity index (χ1v) is 6.70. The van der Waals surface area contributed by atoms with Crippen molar-refractivity contribution in [3.8, 4) is 11.1 Å². The van der Waals surface area contributed by atoms with Gasteiger partial charge in [-0.1, -0.05) is 30.3 Å². The van der Waals surface area contributed by atoms with Gasteiger partial charge in [0, 0.05) is 25.4 Å². The lowest BCUT2D eigenvalue weighted by Crippen LogP contribution is -2.28. The maximum Gasteiger partial charge on any atom is 0.221 e. The third-order valence-electron chi connectivity index (χ3n) is 3.15. The van der Waals surface area contributed by atoms with Crippen molar-refractivity contribution in [3.63, 3.8) is 0 Å². The standard InChI is InChI=1S/C16H19N3O/c1-12(19-16(20)8-9-17)13-4-6-14(7-5-13)15-3-2-10-18-11-15/h2-7,10-12H,8-9,17H2,1H3,(H,19,20). The van der Waals surface area contributed by atoms with E-state index in [-0.39, 0.29) is 11.9 Å². The summed E-state index contributed by atoms with van der Waals surface area (Å²) < 4.78 is 0. The number of pyridine rings is 1. The number of nitrogens with one attached hydrogen (secondary N) is 1. The molecule has 20 heavy (non-hydrogen) atoms. The minimum absolute atomic E-state index is 0.0167. The van der Waals surface area contributed by atoms with Gasteiger partial charge < -0.3 is 11.1 Å². The summed E-state index contributed by atoms with van der Waals surface area (Å²) in [6.45, 7) is 2.34. The first-order valence-electron chi connectivity index (χ1n) is 6.70. The Labute approximate surface area is 119 Å². The van der Waals surface area contributed by atoms with E-state index in [1.807, 2.05) is 49.5 Å². The van der Waals surface area contributed by atoms with Crippen LogP contribution < -0.4 is 11.1 Å². The monoisotopic (exact) mass is 269 g/mol. The van der Waals surface area contributed by atoms with Gasteiger partial charge >= 0.3 is 0 Å². The SMILES string of the molecule is CC(NC(=O)CCN)c1ccc(-c2cccnc2)cc1. The number of carbonyl (C=O) groups is 1. The Balaban J connectivity index is 2.06. The molecular formula is C16H19N3O. The molecule has 1 unspecified atom stereocenters. The van der Waals surface area contributed by atoms with Gasteiger partial charge in [-0.25, -0.2) is 0 Å². The molecule has 1 heterocycles. The highest BCUT2D eigenvalue weighted by Crippen LogP contribution is 2.21. The normalized spacial score (nSPS) is 11.9. The first-order chi connectivity index (χ1) is 9.70. The molecule has 0 aliphatic rings. The molecule has 0 bridgehead atoms. The van der Waals surface area contributed by atoms with E-state index in [0.717, 1.165) is 16.7 Å². The van der Waals surface area contributed by atoms with Crippen molar-refractivity contribution in [1.82, 2.24) is 10.3 Å².